The molecule has 0 saturated carbocycles. The van der Waals surface area contributed by atoms with Gasteiger partial charge in [0, 0.05) is 5.39 Å². The van der Waals surface area contributed by atoms with Gasteiger partial charge in [-0.1, -0.05) is 54.6 Å². The number of para-hydroxylation sites is 1. The summed E-state index contributed by atoms with van der Waals surface area (Å²) in [5.74, 6) is -0.435. The minimum Gasteiger partial charge on any atom is -0.422 e. The Balaban J connectivity index is 1.63. The van der Waals surface area contributed by atoms with Crippen molar-refractivity contribution in [2.24, 2.45) is 0 Å². The number of hydrogen-bond donors (Lipinski definition) is 0. The van der Waals surface area contributed by atoms with Crippen molar-refractivity contribution in [3.05, 3.63) is 99.3 Å². The van der Waals surface area contributed by atoms with Crippen LogP contribution in [0.25, 0.3) is 22.1 Å². The van der Waals surface area contributed by atoms with Gasteiger partial charge < -0.3 is 9.15 Å². The second kappa shape index (κ2) is 7.21. The zero-order valence-corrected chi connectivity index (χ0v) is 15.6. The summed E-state index contributed by atoms with van der Waals surface area (Å²) in [6.45, 7) is 0. The highest BCUT2D eigenvalue weighted by atomic mass is 79.9. The van der Waals surface area contributed by atoms with Crippen LogP contribution in [0.2, 0.25) is 0 Å². The van der Waals surface area contributed by atoms with E-state index in [-0.39, 0.29) is 5.56 Å². The smallest absolute Gasteiger partial charge is 0.351 e. The Labute approximate surface area is 163 Å². The standard InChI is InChI=1S/C22H13BrO4/c23-18-13-15(14-6-2-1-3-7-14)10-11-20(18)27-22(25)17-12-16-8-4-5-9-19(16)26-21(17)24/h1-13H. The van der Waals surface area contributed by atoms with E-state index in [4.69, 9.17) is 9.15 Å². The lowest BCUT2D eigenvalue weighted by Crippen LogP contribution is -2.18. The highest BCUT2D eigenvalue weighted by molar-refractivity contribution is 9.10. The van der Waals surface area contributed by atoms with E-state index in [1.54, 1.807) is 30.3 Å². The quantitative estimate of drug-likeness (QED) is 0.251. The average Bonchev–Trinajstić information content (AvgIpc) is 2.69. The third-order valence-corrected chi connectivity index (χ3v) is 4.72. The normalized spacial score (nSPS) is 10.7. The van der Waals surface area contributed by atoms with Crippen molar-refractivity contribution in [1.29, 1.82) is 0 Å². The number of benzene rings is 3. The molecule has 1 heterocycles. The van der Waals surface area contributed by atoms with Gasteiger partial charge in [0.1, 0.15) is 16.9 Å². The van der Waals surface area contributed by atoms with Crippen LogP contribution in [0.5, 0.6) is 5.75 Å². The molecule has 0 aliphatic carbocycles. The summed E-state index contributed by atoms with van der Waals surface area (Å²) in [5.41, 5.74) is 1.58. The van der Waals surface area contributed by atoms with E-state index in [1.165, 1.54) is 6.07 Å². The number of rotatable bonds is 3. The van der Waals surface area contributed by atoms with Gasteiger partial charge >= 0.3 is 11.6 Å². The molecule has 0 saturated heterocycles. The van der Waals surface area contributed by atoms with Crippen molar-refractivity contribution >= 4 is 32.9 Å². The third-order valence-electron chi connectivity index (χ3n) is 4.10. The molecular formula is C22H13BrO4. The monoisotopic (exact) mass is 420 g/mol. The SMILES string of the molecule is O=C(Oc1ccc(-c2ccccc2)cc1Br)c1cc2ccccc2oc1=O. The molecular weight excluding hydrogens is 408 g/mol. The predicted octanol–water partition coefficient (Wildman–Crippen LogP) is 5.44. The summed E-state index contributed by atoms with van der Waals surface area (Å²) in [7, 11) is 0. The zero-order chi connectivity index (χ0) is 18.8. The van der Waals surface area contributed by atoms with E-state index in [1.807, 2.05) is 42.5 Å². The van der Waals surface area contributed by atoms with E-state index in [0.29, 0.717) is 21.2 Å². The van der Waals surface area contributed by atoms with Gasteiger partial charge in [-0.2, -0.15) is 0 Å². The topological polar surface area (TPSA) is 56.5 Å². The second-order valence-corrected chi connectivity index (χ2v) is 6.74. The highest BCUT2D eigenvalue weighted by Gasteiger charge is 2.17. The Morgan fingerprint density at radius 3 is 2.37 bits per heavy atom. The molecule has 0 spiro atoms. The Bertz CT molecular complexity index is 1200. The first-order chi connectivity index (χ1) is 13.1. The summed E-state index contributed by atoms with van der Waals surface area (Å²) in [5, 5.41) is 0.655. The lowest BCUT2D eigenvalue weighted by molar-refractivity contribution is 0.0729. The Morgan fingerprint density at radius 1 is 0.852 bits per heavy atom. The molecule has 0 aliphatic heterocycles. The van der Waals surface area contributed by atoms with Crippen molar-refractivity contribution < 1.29 is 13.9 Å². The fraction of sp³-hybridized carbons (Fsp3) is 0. The summed E-state index contributed by atoms with van der Waals surface area (Å²) in [4.78, 5) is 24.6. The van der Waals surface area contributed by atoms with E-state index in [9.17, 15) is 9.59 Å². The number of halogens is 1. The van der Waals surface area contributed by atoms with Crippen molar-refractivity contribution in [3.8, 4) is 16.9 Å². The number of fused-ring (bicyclic) bond motifs is 1. The van der Waals surface area contributed by atoms with Crippen molar-refractivity contribution in [2.75, 3.05) is 0 Å². The largest absolute Gasteiger partial charge is 0.422 e. The Hall–Kier alpha value is -3.18. The molecule has 4 aromatic rings. The highest BCUT2D eigenvalue weighted by Crippen LogP contribution is 2.31. The molecule has 0 fully saturated rings. The first-order valence-corrected chi connectivity index (χ1v) is 9.01. The van der Waals surface area contributed by atoms with Gasteiger partial charge in [0.15, 0.2) is 0 Å². The van der Waals surface area contributed by atoms with Crippen LogP contribution in [0.1, 0.15) is 10.4 Å². The molecule has 0 N–H and O–H groups in total. The summed E-state index contributed by atoms with van der Waals surface area (Å²) < 4.78 is 11.2. The molecule has 0 atom stereocenters. The molecule has 0 aliphatic rings. The fourth-order valence-corrected chi connectivity index (χ4v) is 3.21. The molecule has 5 heteroatoms. The summed E-state index contributed by atoms with van der Waals surface area (Å²) in [6.07, 6.45) is 0. The van der Waals surface area contributed by atoms with Gasteiger partial charge in [0.05, 0.1) is 4.47 Å². The lowest BCUT2D eigenvalue weighted by atomic mass is 10.1. The average molecular weight is 421 g/mol. The summed E-state index contributed by atoms with van der Waals surface area (Å²) >= 11 is 3.42. The molecule has 132 valence electrons. The van der Waals surface area contributed by atoms with Crippen molar-refractivity contribution in [3.63, 3.8) is 0 Å². The van der Waals surface area contributed by atoms with Crippen LogP contribution in [0.15, 0.2) is 92.5 Å². The first-order valence-electron chi connectivity index (χ1n) is 8.22. The van der Waals surface area contributed by atoms with Gasteiger partial charge in [0.25, 0.3) is 0 Å². The maximum atomic E-state index is 12.5. The van der Waals surface area contributed by atoms with E-state index >= 15 is 0 Å². The van der Waals surface area contributed by atoms with Crippen LogP contribution >= 0.6 is 15.9 Å². The Morgan fingerprint density at radius 2 is 1.59 bits per heavy atom. The minimum atomic E-state index is -0.761. The molecule has 3 aromatic carbocycles. The van der Waals surface area contributed by atoms with Gasteiger partial charge in [-0.3, -0.25) is 0 Å². The van der Waals surface area contributed by atoms with Crippen molar-refractivity contribution in [1.82, 2.24) is 0 Å². The number of esters is 1. The molecule has 0 bridgehead atoms. The molecule has 0 radical (unpaired) electrons. The van der Waals surface area contributed by atoms with E-state index in [2.05, 4.69) is 15.9 Å². The van der Waals surface area contributed by atoms with Crippen LogP contribution < -0.4 is 10.4 Å². The number of hydrogen-bond acceptors (Lipinski definition) is 4. The van der Waals surface area contributed by atoms with E-state index in [0.717, 1.165) is 11.1 Å². The second-order valence-electron chi connectivity index (χ2n) is 5.89. The molecule has 27 heavy (non-hydrogen) atoms. The predicted molar refractivity (Wildman–Crippen MR) is 107 cm³/mol. The maximum Gasteiger partial charge on any atom is 0.351 e. The molecule has 1 aromatic heterocycles. The van der Waals surface area contributed by atoms with E-state index < -0.39 is 11.6 Å². The first kappa shape index (κ1) is 17.2. The van der Waals surface area contributed by atoms with Crippen LogP contribution in [0, 0.1) is 0 Å². The van der Waals surface area contributed by atoms with Gasteiger partial charge in [-0.05, 0) is 51.3 Å². The van der Waals surface area contributed by atoms with Gasteiger partial charge in [0.2, 0.25) is 0 Å². The molecule has 0 amide bonds. The number of carbonyl (C=O) groups is 1. The van der Waals surface area contributed by atoms with Crippen LogP contribution in [0.4, 0.5) is 0 Å². The maximum absolute atomic E-state index is 12.5. The van der Waals surface area contributed by atoms with Gasteiger partial charge in [-0.15, -0.1) is 0 Å². The van der Waals surface area contributed by atoms with Gasteiger partial charge in [-0.25, -0.2) is 9.59 Å². The number of ether oxygens (including phenoxy) is 1. The van der Waals surface area contributed by atoms with Crippen molar-refractivity contribution in [2.45, 2.75) is 0 Å². The zero-order valence-electron chi connectivity index (χ0n) is 14.0. The van der Waals surface area contributed by atoms with Crippen LogP contribution in [-0.4, -0.2) is 5.97 Å². The molecule has 4 nitrogen and oxygen atoms in total. The lowest BCUT2D eigenvalue weighted by Gasteiger charge is -2.08. The molecule has 4 rings (SSSR count). The fourth-order valence-electron chi connectivity index (χ4n) is 2.75. The Kier molecular flexibility index (Phi) is 4.60. The third kappa shape index (κ3) is 3.55. The summed E-state index contributed by atoms with van der Waals surface area (Å²) in [6, 6.07) is 23.7. The number of carbonyl (C=O) groups excluding carboxylic acids is 1. The van der Waals surface area contributed by atoms with Crippen LogP contribution in [0.3, 0.4) is 0 Å². The molecule has 0 unspecified atom stereocenters. The van der Waals surface area contributed by atoms with Crippen LogP contribution in [-0.2, 0) is 0 Å². The minimum absolute atomic E-state index is 0.146.